The fraction of sp³-hybridized carbons (Fsp3) is 0.0526. The Bertz CT molecular complexity index is 1090. The molecular weight excluding hydrogens is 405 g/mol. The Kier molecular flexibility index (Phi) is 6.03. The molecule has 1 aromatic heterocycles. The summed E-state index contributed by atoms with van der Waals surface area (Å²) in [5, 5.41) is 2.87. The number of pyridine rings is 1. The molecule has 0 aliphatic carbocycles. The molecule has 6 nitrogen and oxygen atoms in total. The van der Waals surface area contributed by atoms with Gasteiger partial charge in [-0.3, -0.25) is 9.78 Å². The quantitative estimate of drug-likeness (QED) is 0.639. The van der Waals surface area contributed by atoms with E-state index in [1.54, 1.807) is 24.5 Å². The fourth-order valence-electron chi connectivity index (χ4n) is 2.32. The molecule has 0 fully saturated rings. The Morgan fingerprint density at radius 1 is 1.04 bits per heavy atom. The molecule has 2 aromatic carbocycles. The maximum absolute atomic E-state index is 14.3. The first kappa shape index (κ1) is 19.9. The molecule has 0 bridgehead atoms. The van der Waals surface area contributed by atoms with E-state index < -0.39 is 21.7 Å². The van der Waals surface area contributed by atoms with Gasteiger partial charge in [-0.2, -0.15) is 0 Å². The Morgan fingerprint density at radius 3 is 2.36 bits per heavy atom. The Hall–Kier alpha value is -2.81. The van der Waals surface area contributed by atoms with Crippen molar-refractivity contribution in [3.8, 4) is 0 Å². The summed E-state index contributed by atoms with van der Waals surface area (Å²) < 4.78 is 41.4. The van der Waals surface area contributed by atoms with Gasteiger partial charge < -0.3 is 5.32 Å². The number of aromatic nitrogens is 1. The van der Waals surface area contributed by atoms with Crippen LogP contribution in [0.15, 0.2) is 71.9 Å². The summed E-state index contributed by atoms with van der Waals surface area (Å²) in [6.07, 6.45) is 3.09. The number of nitrogens with one attached hydrogen (secondary N) is 2. The molecule has 0 atom stereocenters. The zero-order valence-electron chi connectivity index (χ0n) is 14.4. The van der Waals surface area contributed by atoms with Crippen LogP contribution >= 0.6 is 11.6 Å². The van der Waals surface area contributed by atoms with E-state index >= 15 is 0 Å². The number of carbonyl (C=O) groups excluding carboxylic acids is 1. The smallest absolute Gasteiger partial charge is 0.255 e. The highest BCUT2D eigenvalue weighted by Crippen LogP contribution is 2.20. The second-order valence-corrected chi connectivity index (χ2v) is 7.99. The first-order chi connectivity index (χ1) is 13.3. The minimum Gasteiger partial charge on any atom is -0.319 e. The molecule has 1 amide bonds. The largest absolute Gasteiger partial charge is 0.319 e. The highest BCUT2D eigenvalue weighted by Gasteiger charge is 2.17. The lowest BCUT2D eigenvalue weighted by atomic mass is 10.2. The molecule has 2 N–H and O–H groups in total. The molecule has 0 aliphatic heterocycles. The van der Waals surface area contributed by atoms with E-state index in [9.17, 15) is 17.6 Å². The predicted molar refractivity (Wildman–Crippen MR) is 104 cm³/mol. The number of benzene rings is 2. The van der Waals surface area contributed by atoms with Crippen molar-refractivity contribution in [2.75, 3.05) is 5.32 Å². The molecule has 0 aliphatic rings. The Balaban J connectivity index is 1.72. The highest BCUT2D eigenvalue weighted by atomic mass is 35.5. The van der Waals surface area contributed by atoms with Crippen LogP contribution in [0.5, 0.6) is 0 Å². The van der Waals surface area contributed by atoms with Crippen molar-refractivity contribution in [2.24, 2.45) is 0 Å². The minimum atomic E-state index is -3.92. The summed E-state index contributed by atoms with van der Waals surface area (Å²) in [6.45, 7) is 0.0432. The molecule has 1 heterocycles. The van der Waals surface area contributed by atoms with Gasteiger partial charge in [-0.05, 0) is 60.2 Å². The molecule has 0 radical (unpaired) electrons. The van der Waals surface area contributed by atoms with Crippen molar-refractivity contribution >= 4 is 33.2 Å². The van der Waals surface area contributed by atoms with Gasteiger partial charge in [0, 0.05) is 29.5 Å². The average molecular weight is 420 g/mol. The van der Waals surface area contributed by atoms with Crippen LogP contribution in [0.25, 0.3) is 0 Å². The van der Waals surface area contributed by atoms with E-state index in [1.807, 2.05) is 0 Å². The van der Waals surface area contributed by atoms with Crippen LogP contribution in [0.4, 0.5) is 10.1 Å². The maximum Gasteiger partial charge on any atom is 0.255 e. The van der Waals surface area contributed by atoms with Gasteiger partial charge >= 0.3 is 0 Å². The average Bonchev–Trinajstić information content (AvgIpc) is 2.69. The second kappa shape index (κ2) is 8.47. The van der Waals surface area contributed by atoms with Gasteiger partial charge in [0.15, 0.2) is 0 Å². The monoisotopic (exact) mass is 419 g/mol. The van der Waals surface area contributed by atoms with Crippen LogP contribution in [-0.2, 0) is 16.6 Å². The van der Waals surface area contributed by atoms with Crippen LogP contribution in [0.1, 0.15) is 15.9 Å². The summed E-state index contributed by atoms with van der Waals surface area (Å²) in [5.41, 5.74) is 0.874. The first-order valence-electron chi connectivity index (χ1n) is 8.10. The molecular formula is C19H15ClFN3O3S. The number of sulfonamides is 1. The third-order valence-corrected chi connectivity index (χ3v) is 5.47. The zero-order valence-corrected chi connectivity index (χ0v) is 16.0. The van der Waals surface area contributed by atoms with Gasteiger partial charge in [0.1, 0.15) is 5.82 Å². The molecule has 0 unspecified atom stereocenters. The van der Waals surface area contributed by atoms with Crippen LogP contribution in [0.2, 0.25) is 5.02 Å². The van der Waals surface area contributed by atoms with Gasteiger partial charge in [-0.15, -0.1) is 0 Å². The number of rotatable bonds is 6. The van der Waals surface area contributed by atoms with E-state index in [-0.39, 0.29) is 17.1 Å². The van der Waals surface area contributed by atoms with Crippen molar-refractivity contribution in [1.82, 2.24) is 9.71 Å². The lowest BCUT2D eigenvalue weighted by Crippen LogP contribution is -2.23. The molecule has 0 saturated carbocycles. The fourth-order valence-corrected chi connectivity index (χ4v) is 3.48. The molecule has 144 valence electrons. The van der Waals surface area contributed by atoms with Gasteiger partial charge in [0.25, 0.3) is 5.91 Å². The predicted octanol–water partition coefficient (Wildman–Crippen LogP) is 3.60. The van der Waals surface area contributed by atoms with E-state index in [0.717, 1.165) is 6.07 Å². The lowest BCUT2D eigenvalue weighted by Gasteiger charge is -2.10. The normalized spacial score (nSPS) is 11.2. The molecule has 0 spiro atoms. The topological polar surface area (TPSA) is 88.2 Å². The zero-order chi connectivity index (χ0) is 20.1. The van der Waals surface area contributed by atoms with Crippen LogP contribution < -0.4 is 10.0 Å². The van der Waals surface area contributed by atoms with Crippen molar-refractivity contribution in [2.45, 2.75) is 11.4 Å². The van der Waals surface area contributed by atoms with Crippen molar-refractivity contribution in [3.05, 3.63) is 89.0 Å². The van der Waals surface area contributed by atoms with E-state index in [2.05, 4.69) is 15.0 Å². The van der Waals surface area contributed by atoms with Crippen LogP contribution in [0, 0.1) is 5.82 Å². The van der Waals surface area contributed by atoms with Gasteiger partial charge in [0.2, 0.25) is 10.0 Å². The number of nitrogens with zero attached hydrogens (tertiary/aromatic N) is 1. The van der Waals surface area contributed by atoms with Crippen LogP contribution in [0.3, 0.4) is 0 Å². The Morgan fingerprint density at radius 2 is 1.71 bits per heavy atom. The SMILES string of the molecule is O=C(Nc1ccc(S(=O)(=O)NCc2ccncc2)cc1F)c1ccc(Cl)cc1. The molecule has 0 saturated heterocycles. The first-order valence-corrected chi connectivity index (χ1v) is 9.96. The lowest BCUT2D eigenvalue weighted by molar-refractivity contribution is 0.102. The van der Waals surface area contributed by atoms with Gasteiger partial charge in [-0.1, -0.05) is 11.6 Å². The third kappa shape index (κ3) is 4.92. The van der Waals surface area contributed by atoms with Crippen molar-refractivity contribution in [1.29, 1.82) is 0 Å². The van der Waals surface area contributed by atoms with Crippen molar-refractivity contribution < 1.29 is 17.6 Å². The summed E-state index contributed by atoms with van der Waals surface area (Å²) in [5.74, 6) is -1.41. The van der Waals surface area contributed by atoms with Crippen molar-refractivity contribution in [3.63, 3.8) is 0 Å². The number of hydrogen-bond donors (Lipinski definition) is 2. The summed E-state index contributed by atoms with van der Waals surface area (Å²) in [7, 11) is -3.92. The van der Waals surface area contributed by atoms with Crippen LogP contribution in [-0.4, -0.2) is 19.3 Å². The molecule has 9 heteroatoms. The number of anilines is 1. The highest BCUT2D eigenvalue weighted by molar-refractivity contribution is 7.89. The van der Waals surface area contributed by atoms with Gasteiger partial charge in [0.05, 0.1) is 10.6 Å². The number of amides is 1. The Labute approximate surface area is 166 Å². The number of carbonyl (C=O) groups is 1. The standard InChI is InChI=1S/C19H15ClFN3O3S/c20-15-3-1-14(2-4-15)19(25)24-18-6-5-16(11-17(18)21)28(26,27)23-12-13-7-9-22-10-8-13/h1-11,23H,12H2,(H,24,25). The summed E-state index contributed by atoms with van der Waals surface area (Å²) in [6, 6.07) is 12.7. The summed E-state index contributed by atoms with van der Waals surface area (Å²) in [4.78, 5) is 15.8. The molecule has 28 heavy (non-hydrogen) atoms. The third-order valence-electron chi connectivity index (χ3n) is 3.82. The number of hydrogen-bond acceptors (Lipinski definition) is 4. The minimum absolute atomic E-state index is 0.0432. The summed E-state index contributed by atoms with van der Waals surface area (Å²) >= 11 is 5.77. The second-order valence-electron chi connectivity index (χ2n) is 5.78. The van der Waals surface area contributed by atoms with E-state index in [1.165, 1.54) is 36.4 Å². The van der Waals surface area contributed by atoms with E-state index in [0.29, 0.717) is 16.1 Å². The maximum atomic E-state index is 14.3. The van der Waals surface area contributed by atoms with Gasteiger partial charge in [-0.25, -0.2) is 17.5 Å². The van der Waals surface area contributed by atoms with E-state index in [4.69, 9.17) is 11.6 Å². The molecule has 3 aromatic rings. The number of halogens is 2. The molecule has 3 rings (SSSR count).